The fourth-order valence-corrected chi connectivity index (χ4v) is 3.63. The molecule has 2 heterocycles. The van der Waals surface area contributed by atoms with Crippen LogP contribution in [0.4, 0.5) is 4.39 Å². The average molecular weight is 344 g/mol. The van der Waals surface area contributed by atoms with Crippen molar-refractivity contribution in [1.82, 2.24) is 10.3 Å². The number of thiophene rings is 1. The Kier molecular flexibility index (Phi) is 5.23. The van der Waals surface area contributed by atoms with Crippen molar-refractivity contribution < 1.29 is 9.50 Å². The smallest absolute Gasteiger partial charge is 0.123 e. The predicted octanol–water partition coefficient (Wildman–Crippen LogP) is 4.60. The molecular formula is C19H21FN2OS. The SMILES string of the molecule is CC(CC(O)c1ccc(F)cc1)NC(C)c1cnc2ccsc2c1. The first-order chi connectivity index (χ1) is 11.5. The van der Waals surface area contributed by atoms with Crippen molar-refractivity contribution in [3.8, 4) is 0 Å². The molecule has 0 bridgehead atoms. The van der Waals surface area contributed by atoms with E-state index in [4.69, 9.17) is 0 Å². The minimum absolute atomic E-state index is 0.110. The molecule has 5 heteroatoms. The highest BCUT2D eigenvalue weighted by Gasteiger charge is 2.16. The van der Waals surface area contributed by atoms with Crippen LogP contribution in [0, 0.1) is 5.82 Å². The first-order valence-electron chi connectivity index (χ1n) is 8.05. The molecule has 126 valence electrons. The minimum Gasteiger partial charge on any atom is -0.388 e. The summed E-state index contributed by atoms with van der Waals surface area (Å²) < 4.78 is 14.1. The van der Waals surface area contributed by atoms with Gasteiger partial charge in [-0.05, 0) is 61.0 Å². The summed E-state index contributed by atoms with van der Waals surface area (Å²) in [6.45, 7) is 4.14. The highest BCUT2D eigenvalue weighted by molar-refractivity contribution is 7.17. The summed E-state index contributed by atoms with van der Waals surface area (Å²) in [5, 5.41) is 15.8. The maximum atomic E-state index is 13.0. The third kappa shape index (κ3) is 3.98. The largest absolute Gasteiger partial charge is 0.388 e. The fourth-order valence-electron chi connectivity index (χ4n) is 2.85. The maximum absolute atomic E-state index is 13.0. The first-order valence-corrected chi connectivity index (χ1v) is 8.93. The molecule has 0 fully saturated rings. The zero-order valence-electron chi connectivity index (χ0n) is 13.7. The van der Waals surface area contributed by atoms with Crippen LogP contribution >= 0.6 is 11.3 Å². The summed E-state index contributed by atoms with van der Waals surface area (Å²) in [5.41, 5.74) is 2.89. The Hall–Kier alpha value is -1.82. The van der Waals surface area contributed by atoms with Gasteiger partial charge in [0, 0.05) is 18.3 Å². The molecule has 24 heavy (non-hydrogen) atoms. The topological polar surface area (TPSA) is 45.1 Å². The number of aromatic nitrogens is 1. The fraction of sp³-hybridized carbons (Fsp3) is 0.316. The standard InChI is InChI=1S/C19H21FN2OS/c1-12(9-18(23)14-3-5-16(20)6-4-14)22-13(2)15-10-19-17(21-11-15)7-8-24-19/h3-8,10-13,18,22-23H,9H2,1-2H3. The van der Waals surface area contributed by atoms with E-state index in [9.17, 15) is 9.50 Å². The number of aliphatic hydroxyl groups is 1. The van der Waals surface area contributed by atoms with E-state index in [2.05, 4.69) is 23.3 Å². The van der Waals surface area contributed by atoms with Gasteiger partial charge in [0.05, 0.1) is 16.3 Å². The molecule has 3 aromatic rings. The van der Waals surface area contributed by atoms with Crippen molar-refractivity contribution in [2.75, 3.05) is 0 Å². The van der Waals surface area contributed by atoms with E-state index < -0.39 is 6.10 Å². The molecule has 0 saturated heterocycles. The Morgan fingerprint density at radius 3 is 2.67 bits per heavy atom. The van der Waals surface area contributed by atoms with E-state index in [0.29, 0.717) is 6.42 Å². The predicted molar refractivity (Wildman–Crippen MR) is 96.6 cm³/mol. The van der Waals surface area contributed by atoms with Gasteiger partial charge < -0.3 is 10.4 Å². The van der Waals surface area contributed by atoms with Crippen molar-refractivity contribution in [3.05, 3.63) is 64.9 Å². The molecule has 3 rings (SSSR count). The van der Waals surface area contributed by atoms with Gasteiger partial charge in [0.2, 0.25) is 0 Å². The number of hydrogen-bond donors (Lipinski definition) is 2. The third-order valence-electron chi connectivity index (χ3n) is 4.19. The summed E-state index contributed by atoms with van der Waals surface area (Å²) in [5.74, 6) is -0.290. The van der Waals surface area contributed by atoms with Crippen LogP contribution in [0.15, 0.2) is 48.0 Å². The van der Waals surface area contributed by atoms with E-state index in [1.165, 1.54) is 16.8 Å². The third-order valence-corrected chi connectivity index (χ3v) is 5.04. The van der Waals surface area contributed by atoms with E-state index in [1.807, 2.05) is 24.6 Å². The molecule has 2 N–H and O–H groups in total. The van der Waals surface area contributed by atoms with Gasteiger partial charge in [-0.15, -0.1) is 11.3 Å². The molecule has 3 unspecified atom stereocenters. The van der Waals surface area contributed by atoms with Gasteiger partial charge in [-0.25, -0.2) is 4.39 Å². The monoisotopic (exact) mass is 344 g/mol. The lowest BCUT2D eigenvalue weighted by Gasteiger charge is -2.22. The zero-order chi connectivity index (χ0) is 17.1. The average Bonchev–Trinajstić information content (AvgIpc) is 3.02. The first kappa shape index (κ1) is 17.0. The van der Waals surface area contributed by atoms with E-state index in [-0.39, 0.29) is 17.9 Å². The second-order valence-corrected chi connectivity index (χ2v) is 7.11. The Morgan fingerprint density at radius 2 is 1.92 bits per heavy atom. The molecule has 2 aromatic heterocycles. The van der Waals surface area contributed by atoms with E-state index in [1.54, 1.807) is 23.5 Å². The van der Waals surface area contributed by atoms with Crippen molar-refractivity contribution in [1.29, 1.82) is 0 Å². The van der Waals surface area contributed by atoms with Crippen LogP contribution in [0.25, 0.3) is 10.2 Å². The van der Waals surface area contributed by atoms with Gasteiger partial charge in [-0.2, -0.15) is 0 Å². The number of hydrogen-bond acceptors (Lipinski definition) is 4. The molecule has 0 aliphatic carbocycles. The van der Waals surface area contributed by atoms with Gasteiger partial charge in [-0.3, -0.25) is 4.98 Å². The number of benzene rings is 1. The molecule has 0 aliphatic rings. The second kappa shape index (κ2) is 7.38. The number of fused-ring (bicyclic) bond motifs is 1. The van der Waals surface area contributed by atoms with Crippen molar-refractivity contribution >= 4 is 21.6 Å². The zero-order valence-corrected chi connectivity index (χ0v) is 14.6. The van der Waals surface area contributed by atoms with Crippen LogP contribution in [0.2, 0.25) is 0 Å². The molecule has 1 aromatic carbocycles. The molecule has 3 nitrogen and oxygen atoms in total. The number of aliphatic hydroxyl groups excluding tert-OH is 1. The molecule has 0 saturated carbocycles. The summed E-state index contributed by atoms with van der Waals surface area (Å²) in [4.78, 5) is 4.47. The van der Waals surface area contributed by atoms with Crippen LogP contribution in [-0.2, 0) is 0 Å². The summed E-state index contributed by atoms with van der Waals surface area (Å²) >= 11 is 1.69. The Labute approximate surface area is 145 Å². The van der Waals surface area contributed by atoms with Gasteiger partial charge in [0.25, 0.3) is 0 Å². The van der Waals surface area contributed by atoms with Crippen LogP contribution in [0.3, 0.4) is 0 Å². The maximum Gasteiger partial charge on any atom is 0.123 e. The lowest BCUT2D eigenvalue weighted by Crippen LogP contribution is -2.30. The van der Waals surface area contributed by atoms with Crippen LogP contribution in [-0.4, -0.2) is 16.1 Å². The van der Waals surface area contributed by atoms with Crippen molar-refractivity contribution in [2.45, 2.75) is 38.5 Å². The Bertz CT molecular complexity index is 802. The number of pyridine rings is 1. The second-order valence-electron chi connectivity index (χ2n) is 6.17. The highest BCUT2D eigenvalue weighted by Crippen LogP contribution is 2.24. The summed E-state index contributed by atoms with van der Waals surface area (Å²) in [6, 6.07) is 10.4. The van der Waals surface area contributed by atoms with Crippen molar-refractivity contribution in [3.63, 3.8) is 0 Å². The quantitative estimate of drug-likeness (QED) is 0.687. The minimum atomic E-state index is -0.613. The molecule has 0 radical (unpaired) electrons. The van der Waals surface area contributed by atoms with Gasteiger partial charge in [0.15, 0.2) is 0 Å². The lowest BCUT2D eigenvalue weighted by molar-refractivity contribution is 0.152. The van der Waals surface area contributed by atoms with Crippen LogP contribution in [0.1, 0.15) is 43.5 Å². The molecule has 0 aliphatic heterocycles. The summed E-state index contributed by atoms with van der Waals surface area (Å²) in [7, 11) is 0. The van der Waals surface area contributed by atoms with Gasteiger partial charge in [0.1, 0.15) is 5.82 Å². The van der Waals surface area contributed by atoms with Gasteiger partial charge >= 0.3 is 0 Å². The highest BCUT2D eigenvalue weighted by atomic mass is 32.1. The Balaban J connectivity index is 1.60. The van der Waals surface area contributed by atoms with Gasteiger partial charge in [-0.1, -0.05) is 12.1 Å². The van der Waals surface area contributed by atoms with Crippen molar-refractivity contribution in [2.24, 2.45) is 0 Å². The lowest BCUT2D eigenvalue weighted by atomic mass is 10.0. The molecule has 3 atom stereocenters. The molecular weight excluding hydrogens is 323 g/mol. The number of rotatable bonds is 6. The van der Waals surface area contributed by atoms with E-state index in [0.717, 1.165) is 16.6 Å². The van der Waals surface area contributed by atoms with Crippen LogP contribution < -0.4 is 5.32 Å². The summed E-state index contributed by atoms with van der Waals surface area (Å²) in [6.07, 6.45) is 1.85. The van der Waals surface area contributed by atoms with Crippen LogP contribution in [0.5, 0.6) is 0 Å². The van der Waals surface area contributed by atoms with E-state index >= 15 is 0 Å². The Morgan fingerprint density at radius 1 is 1.17 bits per heavy atom. The molecule has 0 spiro atoms. The number of nitrogens with one attached hydrogen (secondary N) is 1. The normalized spacial score (nSPS) is 15.3. The number of nitrogens with zero attached hydrogens (tertiary/aromatic N) is 1. The number of halogens is 1. The molecule has 0 amide bonds.